The topological polar surface area (TPSA) is 118 Å². The normalized spacial score (nSPS) is 18.6. The monoisotopic (exact) mass is 472 g/mol. The highest BCUT2D eigenvalue weighted by atomic mass is 32.2. The number of nitrogens with two attached hydrogens (primary N) is 1. The molecule has 1 aliphatic heterocycles. The molecule has 3 heterocycles. The second-order valence-corrected chi connectivity index (χ2v) is 12.2. The van der Waals surface area contributed by atoms with Gasteiger partial charge in [-0.25, -0.2) is 14.7 Å². The van der Waals surface area contributed by atoms with E-state index < -0.39 is 15.9 Å². The van der Waals surface area contributed by atoms with Gasteiger partial charge in [0, 0.05) is 23.2 Å². The maximum absolute atomic E-state index is 13.3. The van der Waals surface area contributed by atoms with Gasteiger partial charge in [0.15, 0.2) is 5.03 Å². The maximum Gasteiger partial charge on any atom is 0.281 e. The van der Waals surface area contributed by atoms with Crippen LogP contribution < -0.4 is 20.5 Å². The van der Waals surface area contributed by atoms with Crippen molar-refractivity contribution in [3.05, 3.63) is 35.5 Å². The molecule has 0 spiro atoms. The van der Waals surface area contributed by atoms with Crippen LogP contribution in [0, 0.1) is 5.92 Å². The Morgan fingerprint density at radius 2 is 1.94 bits per heavy atom. The van der Waals surface area contributed by atoms with E-state index in [0.29, 0.717) is 23.5 Å². The molecule has 8 nitrogen and oxygen atoms in total. The second-order valence-electron chi connectivity index (χ2n) is 10.1. The molecule has 1 fully saturated rings. The molecule has 1 unspecified atom stereocenters. The third-order valence-electron chi connectivity index (χ3n) is 5.53. The highest BCUT2D eigenvalue weighted by Gasteiger charge is 2.40. The van der Waals surface area contributed by atoms with Crippen LogP contribution in [0.15, 0.2) is 29.3 Å². The average molecular weight is 473 g/mol. The van der Waals surface area contributed by atoms with Gasteiger partial charge in [-0.2, -0.15) is 8.42 Å². The summed E-state index contributed by atoms with van der Waals surface area (Å²) in [6.45, 7) is 13.2. The van der Waals surface area contributed by atoms with E-state index in [9.17, 15) is 13.2 Å². The first-order valence-corrected chi connectivity index (χ1v) is 12.4. The van der Waals surface area contributed by atoms with E-state index in [-0.39, 0.29) is 27.4 Å². The molecule has 0 bridgehead atoms. The lowest BCUT2D eigenvalue weighted by Gasteiger charge is -2.35. The number of hydrogen-bond acceptors (Lipinski definition) is 7. The Labute approximate surface area is 193 Å². The van der Waals surface area contributed by atoms with Crippen LogP contribution in [-0.4, -0.2) is 46.6 Å². The lowest BCUT2D eigenvalue weighted by Crippen LogP contribution is -2.42. The Morgan fingerprint density at radius 1 is 1.28 bits per heavy atom. The molecule has 0 aliphatic carbocycles. The van der Waals surface area contributed by atoms with Gasteiger partial charge < -0.3 is 10.6 Å². The number of anilines is 2. The number of pyridine rings is 2. The standard InChI is InChI=1S/C22H30N5O3SSi/c1-13-11-22(5,6)27(12-13)19-14(10-15(32)18(25-19)21(2,3)4)20(28)26-31(29,30)17-9-7-8-16(23)24-17/h7-10,13H,11-12H2,1-6H3,(H2,23,24)(H,26,28). The van der Waals surface area contributed by atoms with Crippen LogP contribution in [0.1, 0.15) is 64.0 Å². The first kappa shape index (κ1) is 24.2. The molecule has 0 saturated carbocycles. The smallest absolute Gasteiger partial charge is 0.281 e. The molecular formula is C22H30N5O3SSi. The quantitative estimate of drug-likeness (QED) is 0.652. The predicted octanol–water partition coefficient (Wildman–Crippen LogP) is 1.89. The zero-order valence-electron chi connectivity index (χ0n) is 19.4. The fourth-order valence-electron chi connectivity index (χ4n) is 4.22. The summed E-state index contributed by atoms with van der Waals surface area (Å²) >= 11 is 0. The fourth-order valence-corrected chi connectivity index (χ4v) is 5.73. The minimum atomic E-state index is -4.21. The van der Waals surface area contributed by atoms with Gasteiger partial charge >= 0.3 is 0 Å². The number of amides is 1. The van der Waals surface area contributed by atoms with Gasteiger partial charge in [-0.1, -0.05) is 33.8 Å². The van der Waals surface area contributed by atoms with Crippen molar-refractivity contribution in [2.24, 2.45) is 5.92 Å². The summed E-state index contributed by atoms with van der Waals surface area (Å²) in [5.41, 5.74) is 6.06. The SMILES string of the molecule is CC1CN(c2nc(C(C)(C)C)c([Si])cc2C(=O)NS(=O)(=O)c2cccc(N)n2)C(C)(C)C1. The number of rotatable bonds is 4. The molecule has 3 radical (unpaired) electrons. The number of hydrogen-bond donors (Lipinski definition) is 2. The first-order valence-electron chi connectivity index (χ1n) is 10.5. The molecule has 2 aromatic heterocycles. The van der Waals surface area contributed by atoms with Gasteiger partial charge in [0.1, 0.15) is 11.6 Å². The summed E-state index contributed by atoms with van der Waals surface area (Å²) in [5, 5.41) is 0.316. The van der Waals surface area contributed by atoms with Crippen LogP contribution in [0.5, 0.6) is 0 Å². The highest BCUT2D eigenvalue weighted by Crippen LogP contribution is 2.38. The van der Waals surface area contributed by atoms with E-state index in [0.717, 1.165) is 12.1 Å². The van der Waals surface area contributed by atoms with Crippen molar-refractivity contribution in [2.75, 3.05) is 17.2 Å². The Bertz CT molecular complexity index is 1160. The van der Waals surface area contributed by atoms with E-state index >= 15 is 0 Å². The third kappa shape index (κ3) is 4.80. The van der Waals surface area contributed by atoms with Crippen LogP contribution >= 0.6 is 0 Å². The van der Waals surface area contributed by atoms with Gasteiger partial charge in [0.2, 0.25) is 0 Å². The van der Waals surface area contributed by atoms with Gasteiger partial charge in [-0.3, -0.25) is 4.79 Å². The summed E-state index contributed by atoms with van der Waals surface area (Å²) in [6.07, 6.45) is 0.932. The molecule has 171 valence electrons. The van der Waals surface area contributed by atoms with Crippen molar-refractivity contribution in [2.45, 2.75) is 63.9 Å². The summed E-state index contributed by atoms with van der Waals surface area (Å²) < 4.78 is 27.7. The van der Waals surface area contributed by atoms with E-state index in [1.807, 2.05) is 20.8 Å². The molecule has 1 aliphatic rings. The van der Waals surface area contributed by atoms with E-state index in [1.54, 1.807) is 6.07 Å². The number of nitrogens with zero attached hydrogens (tertiary/aromatic N) is 3. The molecular weight excluding hydrogens is 442 g/mol. The van der Waals surface area contributed by atoms with Crippen LogP contribution in [0.25, 0.3) is 0 Å². The minimum Gasteiger partial charge on any atom is -0.384 e. The molecule has 32 heavy (non-hydrogen) atoms. The van der Waals surface area contributed by atoms with Gasteiger partial charge in [0.05, 0.1) is 15.8 Å². The average Bonchev–Trinajstić information content (AvgIpc) is 2.92. The maximum atomic E-state index is 13.3. The second kappa shape index (κ2) is 8.15. The van der Waals surface area contributed by atoms with Crippen molar-refractivity contribution in [3.63, 3.8) is 0 Å². The molecule has 3 rings (SSSR count). The number of aromatic nitrogens is 2. The van der Waals surface area contributed by atoms with E-state index in [4.69, 9.17) is 10.7 Å². The Balaban J connectivity index is 2.11. The number of nitrogen functional groups attached to an aromatic ring is 1. The molecule has 10 heteroatoms. The number of carbonyl (C=O) groups is 1. The van der Waals surface area contributed by atoms with Crippen LogP contribution in [0.2, 0.25) is 0 Å². The molecule has 2 aromatic rings. The summed E-state index contributed by atoms with van der Waals surface area (Å²) in [7, 11) is -0.624. The lowest BCUT2D eigenvalue weighted by molar-refractivity contribution is 0.0981. The van der Waals surface area contributed by atoms with E-state index in [2.05, 4.69) is 45.6 Å². The van der Waals surface area contributed by atoms with Crippen molar-refractivity contribution in [1.82, 2.24) is 14.7 Å². The first-order chi connectivity index (χ1) is 14.6. The Hall–Kier alpha value is -2.46. The van der Waals surface area contributed by atoms with Crippen LogP contribution in [0.3, 0.4) is 0 Å². The molecule has 1 atom stereocenters. The van der Waals surface area contributed by atoms with Crippen molar-refractivity contribution in [1.29, 1.82) is 0 Å². The summed E-state index contributed by atoms with van der Waals surface area (Å²) in [5.74, 6) is 0.156. The van der Waals surface area contributed by atoms with Gasteiger partial charge in [-0.05, 0) is 49.6 Å². The van der Waals surface area contributed by atoms with Crippen LogP contribution in [-0.2, 0) is 15.4 Å². The molecule has 3 N–H and O–H groups in total. The van der Waals surface area contributed by atoms with E-state index in [1.165, 1.54) is 18.2 Å². The fraction of sp³-hybridized carbons (Fsp3) is 0.500. The summed E-state index contributed by atoms with van der Waals surface area (Å²) in [6, 6.07) is 5.88. The minimum absolute atomic E-state index is 0.0486. The van der Waals surface area contributed by atoms with Gasteiger partial charge in [0.25, 0.3) is 15.9 Å². The summed E-state index contributed by atoms with van der Waals surface area (Å²) in [4.78, 5) is 24.1. The predicted molar refractivity (Wildman–Crippen MR) is 127 cm³/mol. The lowest BCUT2D eigenvalue weighted by atomic mass is 9.90. The zero-order chi connectivity index (χ0) is 24.1. The molecule has 1 saturated heterocycles. The highest BCUT2D eigenvalue weighted by molar-refractivity contribution is 7.90. The van der Waals surface area contributed by atoms with Crippen molar-refractivity contribution in [3.8, 4) is 0 Å². The number of sulfonamides is 1. The van der Waals surface area contributed by atoms with Crippen molar-refractivity contribution >= 4 is 43.0 Å². The molecule has 0 aromatic carbocycles. The molecule has 1 amide bonds. The Morgan fingerprint density at radius 3 is 2.47 bits per heavy atom. The zero-order valence-corrected chi connectivity index (χ0v) is 21.2. The van der Waals surface area contributed by atoms with Gasteiger partial charge in [-0.15, -0.1) is 0 Å². The third-order valence-corrected chi connectivity index (χ3v) is 7.15. The largest absolute Gasteiger partial charge is 0.384 e. The number of carbonyl (C=O) groups excluding carboxylic acids is 1. The van der Waals surface area contributed by atoms with Crippen molar-refractivity contribution < 1.29 is 13.2 Å². The van der Waals surface area contributed by atoms with Crippen LogP contribution in [0.4, 0.5) is 11.6 Å². The Kier molecular flexibility index (Phi) is 6.16. The number of nitrogens with one attached hydrogen (secondary N) is 1.